The lowest BCUT2D eigenvalue weighted by atomic mass is 9.92. The van der Waals surface area contributed by atoms with Gasteiger partial charge in [0.05, 0.1) is 11.1 Å². The van der Waals surface area contributed by atoms with Crippen LogP contribution in [-0.2, 0) is 6.42 Å². The van der Waals surface area contributed by atoms with Crippen LogP contribution in [0, 0.1) is 0 Å². The maximum atomic E-state index is 12.7. The van der Waals surface area contributed by atoms with Gasteiger partial charge in [-0.1, -0.05) is 17.7 Å². The number of fused-ring (bicyclic) bond motifs is 3. The van der Waals surface area contributed by atoms with E-state index in [4.69, 9.17) is 16.3 Å². The van der Waals surface area contributed by atoms with Crippen molar-refractivity contribution in [3.05, 3.63) is 58.1 Å². The van der Waals surface area contributed by atoms with Gasteiger partial charge in [0.2, 0.25) is 0 Å². The summed E-state index contributed by atoms with van der Waals surface area (Å²) >= 11 is 6.27. The van der Waals surface area contributed by atoms with Crippen molar-refractivity contribution in [2.75, 3.05) is 18.4 Å². The Morgan fingerprint density at radius 1 is 1.21 bits per heavy atom. The summed E-state index contributed by atoms with van der Waals surface area (Å²) in [6, 6.07) is 12.0. The summed E-state index contributed by atoms with van der Waals surface area (Å²) in [6.07, 6.45) is 3.58. The second kappa shape index (κ2) is 8.73. The first kappa shape index (κ1) is 21.0. The number of nitrogens with one attached hydrogen (secondary N) is 1. The lowest BCUT2D eigenvalue weighted by Crippen LogP contribution is -2.31. The van der Waals surface area contributed by atoms with Crippen LogP contribution in [0.5, 0.6) is 5.75 Å². The molecule has 2 aliphatic heterocycles. The van der Waals surface area contributed by atoms with Crippen LogP contribution in [0.4, 0.5) is 5.69 Å². The zero-order valence-corrected chi connectivity index (χ0v) is 17.8. The second-order valence-corrected chi connectivity index (χ2v) is 8.03. The molecule has 0 spiro atoms. The van der Waals surface area contributed by atoms with Gasteiger partial charge in [-0.25, -0.2) is 0 Å². The van der Waals surface area contributed by atoms with Gasteiger partial charge in [-0.2, -0.15) is 0 Å². The number of carbonyl (C=O) groups excluding carboxylic acids is 1. The third-order valence-electron chi connectivity index (χ3n) is 5.35. The van der Waals surface area contributed by atoms with Crippen molar-refractivity contribution in [3.8, 4) is 5.75 Å². The number of anilines is 1. The Bertz CT molecular complexity index is 870. The minimum atomic E-state index is -0.160. The van der Waals surface area contributed by atoms with Crippen molar-refractivity contribution in [1.29, 1.82) is 0 Å². The van der Waals surface area contributed by atoms with Crippen LogP contribution >= 0.6 is 24.0 Å². The highest BCUT2D eigenvalue weighted by atomic mass is 35.5. The van der Waals surface area contributed by atoms with Crippen LogP contribution in [0.2, 0.25) is 5.02 Å². The van der Waals surface area contributed by atoms with Gasteiger partial charge < -0.3 is 10.1 Å². The topological polar surface area (TPSA) is 41.6 Å². The van der Waals surface area contributed by atoms with Gasteiger partial charge in [-0.05, 0) is 81.1 Å². The van der Waals surface area contributed by atoms with Gasteiger partial charge in [0.25, 0.3) is 5.91 Å². The lowest BCUT2D eigenvalue weighted by molar-refractivity contribution is 0.102. The molecule has 0 bridgehead atoms. The Morgan fingerprint density at radius 3 is 2.79 bits per heavy atom. The smallest absolute Gasteiger partial charge is 0.255 e. The highest BCUT2D eigenvalue weighted by molar-refractivity contribution is 6.32. The fraction of sp³-hybridized carbons (Fsp3) is 0.409. The minimum Gasteiger partial charge on any atom is -0.489 e. The number of halogens is 2. The number of hydrogen-bond acceptors (Lipinski definition) is 3. The zero-order chi connectivity index (χ0) is 19.0. The molecule has 0 radical (unpaired) electrons. The standard InChI is InChI=1S/C22H25ClN2O2.ClH/c1-14(2)27-21-8-6-16(12-19(21)23)22(26)24-17-7-5-15-9-11-25-10-3-4-20(25)18(15)13-17;/h5-8,12-14,20H,3-4,9-11H2,1-2H3,(H,24,26);1H. The Hall–Kier alpha value is -1.75. The molecule has 1 N–H and O–H groups in total. The van der Waals surface area contributed by atoms with Gasteiger partial charge in [-0.15, -0.1) is 12.4 Å². The van der Waals surface area contributed by atoms with Crippen molar-refractivity contribution in [1.82, 2.24) is 4.90 Å². The molecule has 2 aromatic carbocycles. The fourth-order valence-corrected chi connectivity index (χ4v) is 4.34. The fourth-order valence-electron chi connectivity index (χ4n) is 4.12. The number of hydrogen-bond donors (Lipinski definition) is 1. The van der Waals surface area contributed by atoms with Gasteiger partial charge >= 0.3 is 0 Å². The summed E-state index contributed by atoms with van der Waals surface area (Å²) in [4.78, 5) is 15.2. The van der Waals surface area contributed by atoms with E-state index in [0.29, 0.717) is 22.4 Å². The summed E-state index contributed by atoms with van der Waals surface area (Å²) in [5.41, 5.74) is 4.15. The Morgan fingerprint density at radius 2 is 2.04 bits per heavy atom. The van der Waals surface area contributed by atoms with Crippen molar-refractivity contribution < 1.29 is 9.53 Å². The summed E-state index contributed by atoms with van der Waals surface area (Å²) in [7, 11) is 0. The summed E-state index contributed by atoms with van der Waals surface area (Å²) in [5, 5.41) is 3.47. The van der Waals surface area contributed by atoms with Crippen LogP contribution in [0.1, 0.15) is 54.2 Å². The summed E-state index contributed by atoms with van der Waals surface area (Å²) < 4.78 is 5.63. The normalized spacial score (nSPS) is 18.2. The molecule has 4 nitrogen and oxygen atoms in total. The molecule has 6 heteroatoms. The molecular weight excluding hydrogens is 395 g/mol. The van der Waals surface area contributed by atoms with E-state index in [0.717, 1.165) is 18.7 Å². The van der Waals surface area contributed by atoms with Crippen LogP contribution in [0.25, 0.3) is 0 Å². The van der Waals surface area contributed by atoms with Gasteiger partial charge in [0, 0.05) is 23.8 Å². The van der Waals surface area contributed by atoms with E-state index in [-0.39, 0.29) is 24.4 Å². The van der Waals surface area contributed by atoms with Crippen LogP contribution in [0.15, 0.2) is 36.4 Å². The first-order valence-corrected chi connectivity index (χ1v) is 10.0. The molecule has 1 atom stereocenters. The molecule has 150 valence electrons. The van der Waals surface area contributed by atoms with Gasteiger partial charge in [-0.3, -0.25) is 9.69 Å². The molecule has 28 heavy (non-hydrogen) atoms. The molecule has 0 saturated carbocycles. The molecule has 4 rings (SSSR count). The number of carbonyl (C=O) groups is 1. The quantitative estimate of drug-likeness (QED) is 0.710. The molecule has 1 unspecified atom stereocenters. The highest BCUT2D eigenvalue weighted by Crippen LogP contribution is 2.38. The van der Waals surface area contributed by atoms with E-state index in [1.807, 2.05) is 19.9 Å². The molecule has 2 aliphatic rings. The average molecular weight is 421 g/mol. The summed E-state index contributed by atoms with van der Waals surface area (Å²) in [5.74, 6) is 0.436. The monoisotopic (exact) mass is 420 g/mol. The Labute approximate surface area is 177 Å². The third kappa shape index (κ3) is 4.29. The Kier molecular flexibility index (Phi) is 6.54. The Balaban J connectivity index is 0.00000225. The molecule has 1 amide bonds. The number of benzene rings is 2. The molecule has 2 heterocycles. The number of amides is 1. The van der Waals surface area contributed by atoms with Gasteiger partial charge in [0.1, 0.15) is 5.75 Å². The van der Waals surface area contributed by atoms with Crippen molar-refractivity contribution in [2.45, 2.75) is 45.3 Å². The van der Waals surface area contributed by atoms with E-state index in [1.165, 1.54) is 30.5 Å². The molecule has 0 aromatic heterocycles. The first-order chi connectivity index (χ1) is 13.0. The predicted molar refractivity (Wildman–Crippen MR) is 116 cm³/mol. The number of ether oxygens (including phenoxy) is 1. The maximum absolute atomic E-state index is 12.7. The average Bonchev–Trinajstić information content (AvgIpc) is 3.12. The molecule has 1 saturated heterocycles. The first-order valence-electron chi connectivity index (χ1n) is 9.65. The van der Waals surface area contributed by atoms with Crippen LogP contribution in [0.3, 0.4) is 0 Å². The molecule has 0 aliphatic carbocycles. The van der Waals surface area contributed by atoms with E-state index in [1.54, 1.807) is 18.2 Å². The molecule has 1 fully saturated rings. The van der Waals surface area contributed by atoms with Crippen LogP contribution < -0.4 is 10.1 Å². The summed E-state index contributed by atoms with van der Waals surface area (Å²) in [6.45, 7) is 6.22. The second-order valence-electron chi connectivity index (χ2n) is 7.62. The predicted octanol–water partition coefficient (Wildman–Crippen LogP) is 5.49. The maximum Gasteiger partial charge on any atom is 0.255 e. The number of nitrogens with zero attached hydrogens (tertiary/aromatic N) is 1. The largest absolute Gasteiger partial charge is 0.489 e. The van der Waals surface area contributed by atoms with E-state index in [9.17, 15) is 4.79 Å². The lowest BCUT2D eigenvalue weighted by Gasteiger charge is -2.32. The van der Waals surface area contributed by atoms with Crippen molar-refractivity contribution >= 4 is 35.6 Å². The zero-order valence-electron chi connectivity index (χ0n) is 16.2. The molecular formula is C22H26Cl2N2O2. The molecule has 2 aromatic rings. The SMILES string of the molecule is CC(C)Oc1ccc(C(=O)Nc2ccc3c(c2)C2CCCN2CC3)cc1Cl.Cl. The van der Waals surface area contributed by atoms with Crippen LogP contribution in [-0.4, -0.2) is 30.0 Å². The highest BCUT2D eigenvalue weighted by Gasteiger charge is 2.31. The third-order valence-corrected chi connectivity index (χ3v) is 5.65. The van der Waals surface area contributed by atoms with E-state index in [2.05, 4.69) is 22.3 Å². The minimum absolute atomic E-state index is 0. The van der Waals surface area contributed by atoms with E-state index < -0.39 is 0 Å². The van der Waals surface area contributed by atoms with E-state index >= 15 is 0 Å². The number of rotatable bonds is 4. The van der Waals surface area contributed by atoms with Crippen molar-refractivity contribution in [3.63, 3.8) is 0 Å². The van der Waals surface area contributed by atoms with Crippen molar-refractivity contribution in [2.24, 2.45) is 0 Å². The van der Waals surface area contributed by atoms with Gasteiger partial charge in [0.15, 0.2) is 0 Å².